The second kappa shape index (κ2) is 9.99. The van der Waals surface area contributed by atoms with E-state index in [1.54, 1.807) is 48.5 Å². The van der Waals surface area contributed by atoms with Crippen molar-refractivity contribution in [3.8, 4) is 11.5 Å². The predicted octanol–water partition coefficient (Wildman–Crippen LogP) is 4.54. The van der Waals surface area contributed by atoms with E-state index in [2.05, 4.69) is 6.58 Å². The number of benzene rings is 2. The molecule has 0 bridgehead atoms. The summed E-state index contributed by atoms with van der Waals surface area (Å²) < 4.78 is 77.7. The average molecular weight is 443 g/mol. The zero-order valence-electron chi connectivity index (χ0n) is 16.7. The highest BCUT2D eigenvalue weighted by Crippen LogP contribution is 2.32. The van der Waals surface area contributed by atoms with Crippen LogP contribution in [0.25, 0.3) is 0 Å². The quantitative estimate of drug-likeness (QED) is 0.506. The van der Waals surface area contributed by atoms with Crippen LogP contribution in [0.3, 0.4) is 0 Å². The molecule has 0 aliphatic carbocycles. The Hall–Kier alpha value is -2.52. The lowest BCUT2D eigenvalue weighted by Crippen LogP contribution is -2.45. The molecule has 2 rings (SSSR count). The summed E-state index contributed by atoms with van der Waals surface area (Å²) in [5.74, 6) is 1.12. The van der Waals surface area contributed by atoms with Crippen molar-refractivity contribution in [2.75, 3.05) is 14.2 Å². The van der Waals surface area contributed by atoms with Crippen molar-refractivity contribution in [3.63, 3.8) is 0 Å². The number of nitrogens with zero attached hydrogens (tertiary/aromatic N) is 1. The highest BCUT2D eigenvalue weighted by molar-refractivity contribution is 7.89. The third-order valence-corrected chi connectivity index (χ3v) is 6.66. The van der Waals surface area contributed by atoms with E-state index in [4.69, 9.17) is 9.47 Å². The van der Waals surface area contributed by atoms with Crippen LogP contribution in [0.2, 0.25) is 0 Å². The number of hydrogen-bond donors (Lipinski definition) is 0. The van der Waals surface area contributed by atoms with E-state index in [9.17, 15) is 21.6 Å². The largest absolute Gasteiger partial charge is 0.497 e. The van der Waals surface area contributed by atoms with Gasteiger partial charge in [-0.25, -0.2) is 8.42 Å². The number of allylic oxidation sites excluding steroid dienone is 1. The smallest absolute Gasteiger partial charge is 0.407 e. The normalized spacial score (nSPS) is 13.1. The zero-order chi connectivity index (χ0) is 22.4. The van der Waals surface area contributed by atoms with Gasteiger partial charge in [0, 0.05) is 13.1 Å². The Labute approximate surface area is 174 Å². The van der Waals surface area contributed by atoms with Gasteiger partial charge in [0.05, 0.1) is 14.2 Å². The van der Waals surface area contributed by atoms with Crippen LogP contribution in [-0.2, 0) is 23.1 Å². The molecule has 0 radical (unpaired) electrons. The summed E-state index contributed by atoms with van der Waals surface area (Å²) in [6.45, 7) is 2.84. The summed E-state index contributed by atoms with van der Waals surface area (Å²) in [6, 6.07) is 13.0. The van der Waals surface area contributed by atoms with Gasteiger partial charge in [-0.1, -0.05) is 30.3 Å². The van der Waals surface area contributed by atoms with Crippen LogP contribution in [0.4, 0.5) is 13.2 Å². The molecule has 0 saturated carbocycles. The Kier molecular flexibility index (Phi) is 7.91. The fraction of sp³-hybridized carbons (Fsp3) is 0.333. The van der Waals surface area contributed by atoms with Crippen LogP contribution in [0.1, 0.15) is 17.5 Å². The Morgan fingerprint density at radius 3 is 1.63 bits per heavy atom. The molecule has 9 heteroatoms. The van der Waals surface area contributed by atoms with E-state index in [1.165, 1.54) is 14.2 Å². The van der Waals surface area contributed by atoms with E-state index in [0.717, 1.165) is 10.4 Å². The SMILES string of the molecule is C=CCC(C(F)(F)F)S(=O)(=O)N(Cc1ccc(OC)cc1)Cc1ccc(OC)cc1. The molecular weight excluding hydrogens is 419 g/mol. The number of rotatable bonds is 10. The molecule has 1 unspecified atom stereocenters. The van der Waals surface area contributed by atoms with Gasteiger partial charge in [-0.15, -0.1) is 6.58 Å². The van der Waals surface area contributed by atoms with E-state index < -0.39 is 27.9 Å². The van der Waals surface area contributed by atoms with Gasteiger partial charge in [-0.3, -0.25) is 0 Å². The van der Waals surface area contributed by atoms with Crippen molar-refractivity contribution >= 4 is 10.0 Å². The maximum absolute atomic E-state index is 13.6. The minimum absolute atomic E-state index is 0.220. The molecule has 0 saturated heterocycles. The number of hydrogen-bond acceptors (Lipinski definition) is 4. The second-order valence-electron chi connectivity index (χ2n) is 6.56. The first-order valence-corrected chi connectivity index (χ1v) is 10.5. The molecule has 0 aromatic heterocycles. The summed E-state index contributed by atoms with van der Waals surface area (Å²) in [5.41, 5.74) is 1.07. The number of halogens is 3. The lowest BCUT2D eigenvalue weighted by atomic mass is 10.2. The van der Waals surface area contributed by atoms with Gasteiger partial charge in [-0.05, 0) is 41.8 Å². The van der Waals surface area contributed by atoms with Gasteiger partial charge in [0.2, 0.25) is 10.0 Å². The Bertz CT molecular complexity index is 877. The van der Waals surface area contributed by atoms with Crippen LogP contribution in [0, 0.1) is 0 Å². The molecular formula is C21H24F3NO4S. The molecule has 164 valence electrons. The molecule has 0 aliphatic rings. The number of alkyl halides is 3. The maximum Gasteiger partial charge on any atom is 0.407 e. The van der Waals surface area contributed by atoms with Crippen LogP contribution in [-0.4, -0.2) is 38.4 Å². The standard InChI is InChI=1S/C21H24F3NO4S/c1-4-5-20(21(22,23)24)30(26,27)25(14-16-6-10-18(28-2)11-7-16)15-17-8-12-19(29-3)13-9-17/h4,6-13,20H,1,5,14-15H2,2-3H3. The number of sulfonamides is 1. The van der Waals surface area contributed by atoms with Gasteiger partial charge in [0.25, 0.3) is 0 Å². The van der Waals surface area contributed by atoms with E-state index in [-0.39, 0.29) is 13.1 Å². The Morgan fingerprint density at radius 1 is 0.933 bits per heavy atom. The molecule has 0 spiro atoms. The van der Waals surface area contributed by atoms with Crippen molar-refractivity contribution in [1.82, 2.24) is 4.31 Å². The zero-order valence-corrected chi connectivity index (χ0v) is 17.5. The van der Waals surface area contributed by atoms with Crippen LogP contribution >= 0.6 is 0 Å². The van der Waals surface area contributed by atoms with Gasteiger partial charge < -0.3 is 9.47 Å². The third kappa shape index (κ3) is 5.99. The summed E-state index contributed by atoms with van der Waals surface area (Å²) in [6.07, 6.45) is -4.69. The van der Waals surface area contributed by atoms with Crippen molar-refractivity contribution in [2.24, 2.45) is 0 Å². The van der Waals surface area contributed by atoms with Crippen LogP contribution < -0.4 is 9.47 Å². The van der Waals surface area contributed by atoms with Crippen molar-refractivity contribution in [1.29, 1.82) is 0 Å². The average Bonchev–Trinajstić information content (AvgIpc) is 2.71. The summed E-state index contributed by atoms with van der Waals surface area (Å²) in [7, 11) is -1.77. The molecule has 0 heterocycles. The maximum atomic E-state index is 13.6. The lowest BCUT2D eigenvalue weighted by molar-refractivity contribution is -0.130. The number of ether oxygens (including phenoxy) is 2. The molecule has 0 N–H and O–H groups in total. The van der Waals surface area contributed by atoms with Gasteiger partial charge in [-0.2, -0.15) is 17.5 Å². The molecule has 30 heavy (non-hydrogen) atoms. The van der Waals surface area contributed by atoms with Crippen molar-refractivity contribution in [3.05, 3.63) is 72.3 Å². The molecule has 5 nitrogen and oxygen atoms in total. The molecule has 0 aliphatic heterocycles. The fourth-order valence-corrected chi connectivity index (χ4v) is 4.60. The van der Waals surface area contributed by atoms with Gasteiger partial charge in [0.1, 0.15) is 11.5 Å². The highest BCUT2D eigenvalue weighted by Gasteiger charge is 2.50. The first-order valence-electron chi connectivity index (χ1n) is 9.04. The highest BCUT2D eigenvalue weighted by atomic mass is 32.2. The first kappa shape index (κ1) is 23.8. The third-order valence-electron chi connectivity index (χ3n) is 4.50. The summed E-state index contributed by atoms with van der Waals surface area (Å²) in [5, 5.41) is -2.57. The Morgan fingerprint density at radius 2 is 1.33 bits per heavy atom. The predicted molar refractivity (Wildman–Crippen MR) is 109 cm³/mol. The minimum atomic E-state index is -4.93. The van der Waals surface area contributed by atoms with Crippen LogP contribution in [0.5, 0.6) is 11.5 Å². The second-order valence-corrected chi connectivity index (χ2v) is 8.68. The molecule has 0 amide bonds. The van der Waals surface area contributed by atoms with Crippen molar-refractivity contribution in [2.45, 2.75) is 30.9 Å². The van der Waals surface area contributed by atoms with E-state index >= 15 is 0 Å². The summed E-state index contributed by atoms with van der Waals surface area (Å²) >= 11 is 0. The van der Waals surface area contributed by atoms with Gasteiger partial charge >= 0.3 is 6.18 Å². The summed E-state index contributed by atoms with van der Waals surface area (Å²) in [4.78, 5) is 0. The van der Waals surface area contributed by atoms with Gasteiger partial charge in [0.15, 0.2) is 5.25 Å². The lowest BCUT2D eigenvalue weighted by Gasteiger charge is -2.28. The molecule has 0 fully saturated rings. The minimum Gasteiger partial charge on any atom is -0.497 e. The fourth-order valence-electron chi connectivity index (χ4n) is 2.86. The Balaban J connectivity index is 2.42. The molecule has 1 atom stereocenters. The number of methoxy groups -OCH3 is 2. The van der Waals surface area contributed by atoms with Crippen LogP contribution in [0.15, 0.2) is 61.2 Å². The van der Waals surface area contributed by atoms with Crippen molar-refractivity contribution < 1.29 is 31.1 Å². The molecule has 2 aromatic rings. The first-order chi connectivity index (χ1) is 14.1. The molecule has 2 aromatic carbocycles. The van der Waals surface area contributed by atoms with E-state index in [1.807, 2.05) is 0 Å². The van der Waals surface area contributed by atoms with E-state index in [0.29, 0.717) is 22.6 Å². The topological polar surface area (TPSA) is 55.8 Å². The monoisotopic (exact) mass is 443 g/mol.